The van der Waals surface area contributed by atoms with Gasteiger partial charge in [0.15, 0.2) is 10.8 Å². The maximum atomic E-state index is 13.5. The normalized spacial score (nSPS) is 15.5. The van der Waals surface area contributed by atoms with E-state index in [1.165, 1.54) is 18.2 Å². The van der Waals surface area contributed by atoms with Crippen molar-refractivity contribution >= 4 is 10.8 Å². The Labute approximate surface area is 155 Å². The molecule has 1 aromatic carbocycles. The molecule has 0 saturated heterocycles. The zero-order chi connectivity index (χ0) is 23.1. The van der Waals surface area contributed by atoms with E-state index in [2.05, 4.69) is 0 Å². The fraction of sp³-hybridized carbons (Fsp3) is 0.429. The Morgan fingerprint density at radius 3 is 1.45 bits per heavy atom. The molecule has 0 saturated carbocycles. The Morgan fingerprint density at radius 2 is 1.03 bits per heavy atom. The number of halogens is 13. The van der Waals surface area contributed by atoms with Crippen LogP contribution in [-0.2, 0) is 10.8 Å². The molecule has 0 radical (unpaired) electrons. The fourth-order valence-corrected chi connectivity index (χ4v) is 2.26. The van der Waals surface area contributed by atoms with Gasteiger partial charge in [-0.15, -0.1) is 0 Å². The van der Waals surface area contributed by atoms with E-state index >= 15 is 0 Å². The van der Waals surface area contributed by atoms with Crippen LogP contribution in [0.4, 0.5) is 57.1 Å². The van der Waals surface area contributed by atoms with E-state index in [1.54, 1.807) is 5.92 Å². The van der Waals surface area contributed by atoms with E-state index in [1.807, 2.05) is 0 Å². The SMILES string of the molecule is O=S(C#Cc1ccccc1)C(F)(F)C(F)(F)C(F)(F)C(F)(F)C(F)(F)C(F)(F)F. The summed E-state index contributed by atoms with van der Waals surface area (Å²) in [7, 11) is -4.71. The summed E-state index contributed by atoms with van der Waals surface area (Å²) < 4.78 is 179. The standard InChI is InChI=1S/C14H5F13OS/c15-9(16,11(19,20)13(23,24)25)10(17,18)12(21,22)14(26,27)29(28)7-6-8-4-2-1-3-5-8/h1-5H. The molecule has 0 aliphatic rings. The number of rotatable bonds is 5. The first-order valence-corrected chi connectivity index (χ1v) is 7.84. The van der Waals surface area contributed by atoms with Crippen molar-refractivity contribution in [2.24, 2.45) is 0 Å². The summed E-state index contributed by atoms with van der Waals surface area (Å²) in [6.45, 7) is 0. The molecule has 0 amide bonds. The minimum atomic E-state index is -8.04. The van der Waals surface area contributed by atoms with Gasteiger partial charge in [-0.3, -0.25) is 0 Å². The second-order valence-electron chi connectivity index (χ2n) is 5.17. The van der Waals surface area contributed by atoms with Crippen LogP contribution in [0.3, 0.4) is 0 Å². The van der Waals surface area contributed by atoms with Gasteiger partial charge in [0, 0.05) is 10.8 Å². The highest BCUT2D eigenvalue weighted by Gasteiger charge is 2.91. The van der Waals surface area contributed by atoms with Gasteiger partial charge in [0.25, 0.3) is 0 Å². The lowest BCUT2D eigenvalue weighted by atomic mass is 9.98. The third kappa shape index (κ3) is 3.90. The summed E-state index contributed by atoms with van der Waals surface area (Å²) in [5.74, 6) is -30.0. The molecule has 0 aromatic heterocycles. The third-order valence-corrected chi connectivity index (χ3v) is 4.21. The molecule has 0 heterocycles. The van der Waals surface area contributed by atoms with E-state index < -0.39 is 45.9 Å². The fourth-order valence-electron chi connectivity index (χ4n) is 1.56. The van der Waals surface area contributed by atoms with Gasteiger partial charge in [-0.2, -0.15) is 57.1 Å². The highest BCUT2D eigenvalue weighted by Crippen LogP contribution is 2.60. The molecule has 15 heteroatoms. The molecular weight excluding hydrogens is 463 g/mol. The first kappa shape index (κ1) is 25.1. The van der Waals surface area contributed by atoms with Gasteiger partial charge in [-0.05, 0) is 12.1 Å². The molecule has 1 atom stereocenters. The van der Waals surface area contributed by atoms with E-state index in [9.17, 15) is 61.3 Å². The highest BCUT2D eigenvalue weighted by atomic mass is 32.2. The predicted molar refractivity (Wildman–Crippen MR) is 72.3 cm³/mol. The van der Waals surface area contributed by atoms with Crippen LogP contribution in [0, 0.1) is 11.2 Å². The average molecular weight is 468 g/mol. The molecule has 0 bridgehead atoms. The number of alkyl halides is 13. The molecule has 1 nitrogen and oxygen atoms in total. The maximum Gasteiger partial charge on any atom is 0.460 e. The Morgan fingerprint density at radius 1 is 0.621 bits per heavy atom. The molecule has 0 N–H and O–H groups in total. The molecule has 0 spiro atoms. The van der Waals surface area contributed by atoms with E-state index in [0.29, 0.717) is 0 Å². The summed E-state index contributed by atoms with van der Waals surface area (Å²) in [4.78, 5) is 0. The van der Waals surface area contributed by atoms with E-state index in [0.717, 1.165) is 17.4 Å². The Kier molecular flexibility index (Phi) is 6.37. The van der Waals surface area contributed by atoms with Crippen molar-refractivity contribution < 1.29 is 61.3 Å². The van der Waals surface area contributed by atoms with Crippen molar-refractivity contribution in [3.63, 3.8) is 0 Å². The minimum absolute atomic E-state index is 0.277. The summed E-state index contributed by atoms with van der Waals surface area (Å²) in [6, 6.07) is 5.86. The first-order valence-electron chi connectivity index (χ1n) is 6.69. The monoisotopic (exact) mass is 468 g/mol. The zero-order valence-corrected chi connectivity index (χ0v) is 13.9. The smallest absolute Gasteiger partial charge is 0.239 e. The Bertz CT molecular complexity index is 817. The molecule has 164 valence electrons. The zero-order valence-electron chi connectivity index (χ0n) is 13.1. The van der Waals surface area contributed by atoms with Crippen LogP contribution in [0.2, 0.25) is 0 Å². The van der Waals surface area contributed by atoms with Crippen LogP contribution in [0.25, 0.3) is 0 Å². The lowest BCUT2D eigenvalue weighted by Gasteiger charge is -2.38. The topological polar surface area (TPSA) is 17.1 Å². The van der Waals surface area contributed by atoms with Crippen LogP contribution in [0.5, 0.6) is 0 Å². The Balaban J connectivity index is 3.43. The second kappa shape index (κ2) is 7.37. The van der Waals surface area contributed by atoms with E-state index in [4.69, 9.17) is 0 Å². The van der Waals surface area contributed by atoms with Crippen molar-refractivity contribution in [3.05, 3.63) is 35.9 Å². The lowest BCUT2D eigenvalue weighted by molar-refractivity contribution is -0.433. The van der Waals surface area contributed by atoms with Gasteiger partial charge in [0.1, 0.15) is 0 Å². The lowest BCUT2D eigenvalue weighted by Crippen LogP contribution is -2.70. The predicted octanol–water partition coefficient (Wildman–Crippen LogP) is 5.44. The molecular formula is C14H5F13OS. The van der Waals surface area contributed by atoms with Gasteiger partial charge in [0.2, 0.25) is 0 Å². The molecule has 29 heavy (non-hydrogen) atoms. The van der Waals surface area contributed by atoms with Gasteiger partial charge in [0.05, 0.1) is 0 Å². The molecule has 1 unspecified atom stereocenters. The van der Waals surface area contributed by atoms with Crippen molar-refractivity contribution in [2.45, 2.75) is 35.1 Å². The largest absolute Gasteiger partial charge is 0.460 e. The van der Waals surface area contributed by atoms with Gasteiger partial charge < -0.3 is 0 Å². The first-order chi connectivity index (χ1) is 12.7. The molecule has 1 rings (SSSR count). The third-order valence-electron chi connectivity index (χ3n) is 3.20. The average Bonchev–Trinajstić information content (AvgIpc) is 2.58. The van der Waals surface area contributed by atoms with Crippen molar-refractivity contribution in [1.29, 1.82) is 0 Å². The van der Waals surface area contributed by atoms with Crippen molar-refractivity contribution in [3.8, 4) is 11.2 Å². The molecule has 0 fully saturated rings. The second-order valence-corrected chi connectivity index (χ2v) is 6.43. The van der Waals surface area contributed by atoms with Crippen LogP contribution in [0.15, 0.2) is 30.3 Å². The van der Waals surface area contributed by atoms with Gasteiger partial charge in [-0.1, -0.05) is 24.1 Å². The van der Waals surface area contributed by atoms with Crippen LogP contribution in [-0.4, -0.2) is 39.3 Å². The Hall–Kier alpha value is -1.98. The quantitative estimate of drug-likeness (QED) is 0.416. The van der Waals surface area contributed by atoms with E-state index in [-0.39, 0.29) is 5.56 Å². The summed E-state index contributed by atoms with van der Waals surface area (Å²) >= 11 is 0. The maximum absolute atomic E-state index is 13.5. The number of benzene rings is 1. The highest BCUT2D eigenvalue weighted by molar-refractivity contribution is 7.90. The van der Waals surface area contributed by atoms with Crippen molar-refractivity contribution in [2.75, 3.05) is 0 Å². The van der Waals surface area contributed by atoms with Gasteiger partial charge in [-0.25, -0.2) is 4.21 Å². The molecule has 1 aromatic rings. The molecule has 0 aliphatic heterocycles. The number of hydrogen-bond donors (Lipinski definition) is 0. The minimum Gasteiger partial charge on any atom is -0.239 e. The number of hydrogen-bond acceptors (Lipinski definition) is 1. The summed E-state index contributed by atoms with van der Waals surface area (Å²) in [5, 5.41) is -5.90. The summed E-state index contributed by atoms with van der Waals surface area (Å²) in [6.07, 6.45) is -7.50. The van der Waals surface area contributed by atoms with Crippen molar-refractivity contribution in [1.82, 2.24) is 0 Å². The van der Waals surface area contributed by atoms with Crippen LogP contribution in [0.1, 0.15) is 5.56 Å². The van der Waals surface area contributed by atoms with Crippen LogP contribution < -0.4 is 0 Å². The molecule has 0 aliphatic carbocycles. The van der Waals surface area contributed by atoms with Gasteiger partial charge >= 0.3 is 35.1 Å². The summed E-state index contributed by atoms with van der Waals surface area (Å²) in [5.41, 5.74) is -0.277. The van der Waals surface area contributed by atoms with Crippen LogP contribution >= 0.6 is 0 Å².